The predicted molar refractivity (Wildman–Crippen MR) is 123 cm³/mol. The van der Waals surface area contributed by atoms with Crippen molar-refractivity contribution in [1.82, 2.24) is 9.21 Å². The first kappa shape index (κ1) is 22.4. The Morgan fingerprint density at radius 3 is 2.65 bits per heavy atom. The van der Waals surface area contributed by atoms with E-state index in [2.05, 4.69) is 16.3 Å². The number of amides is 1. The number of nitrogens with one attached hydrogen (secondary N) is 1. The van der Waals surface area contributed by atoms with Gasteiger partial charge in [0, 0.05) is 44.0 Å². The molecule has 7 nitrogen and oxygen atoms in total. The van der Waals surface area contributed by atoms with Crippen LogP contribution in [0.25, 0.3) is 0 Å². The highest BCUT2D eigenvalue weighted by Gasteiger charge is 2.29. The summed E-state index contributed by atoms with van der Waals surface area (Å²) in [7, 11) is -3.41. The van der Waals surface area contributed by atoms with Gasteiger partial charge in [0.05, 0.1) is 5.56 Å². The van der Waals surface area contributed by atoms with Crippen LogP contribution in [0.15, 0.2) is 21.7 Å². The van der Waals surface area contributed by atoms with E-state index in [9.17, 15) is 18.5 Å². The van der Waals surface area contributed by atoms with Crippen LogP contribution in [-0.4, -0.2) is 56.3 Å². The van der Waals surface area contributed by atoms with Gasteiger partial charge in [-0.2, -0.15) is 9.57 Å². The molecule has 1 saturated heterocycles. The SMILES string of the molecule is N#Cc1c(NC(=O)CCN2CCN(S(=O)(=O)c3cccs3)CC2)sc2c1CCCCC2. The van der Waals surface area contributed by atoms with Gasteiger partial charge in [0.2, 0.25) is 5.91 Å². The van der Waals surface area contributed by atoms with Gasteiger partial charge in [-0.1, -0.05) is 12.5 Å². The highest BCUT2D eigenvalue weighted by atomic mass is 32.2. The van der Waals surface area contributed by atoms with E-state index in [-0.39, 0.29) is 5.91 Å². The molecule has 31 heavy (non-hydrogen) atoms. The molecular formula is C21H26N4O3S3. The zero-order valence-electron chi connectivity index (χ0n) is 17.3. The largest absolute Gasteiger partial charge is 0.317 e. The molecule has 0 aromatic carbocycles. The number of anilines is 1. The van der Waals surface area contributed by atoms with Crippen molar-refractivity contribution in [3.63, 3.8) is 0 Å². The normalized spacial score (nSPS) is 18.2. The summed E-state index contributed by atoms with van der Waals surface area (Å²) in [6, 6.07) is 5.68. The number of fused-ring (bicyclic) bond motifs is 1. The molecule has 10 heteroatoms. The lowest BCUT2D eigenvalue weighted by Crippen LogP contribution is -2.48. The van der Waals surface area contributed by atoms with Gasteiger partial charge in [0.25, 0.3) is 10.0 Å². The molecule has 1 aliphatic carbocycles. The summed E-state index contributed by atoms with van der Waals surface area (Å²) in [6.45, 7) is 2.64. The van der Waals surface area contributed by atoms with Crippen molar-refractivity contribution in [1.29, 1.82) is 5.26 Å². The van der Waals surface area contributed by atoms with Crippen molar-refractivity contribution in [2.24, 2.45) is 0 Å². The molecule has 1 aliphatic heterocycles. The van der Waals surface area contributed by atoms with Crippen LogP contribution in [0.4, 0.5) is 5.00 Å². The van der Waals surface area contributed by atoms with Gasteiger partial charge in [-0.15, -0.1) is 22.7 Å². The number of thiophene rings is 2. The van der Waals surface area contributed by atoms with Crippen LogP contribution in [0.3, 0.4) is 0 Å². The topological polar surface area (TPSA) is 93.5 Å². The highest BCUT2D eigenvalue weighted by molar-refractivity contribution is 7.91. The van der Waals surface area contributed by atoms with Gasteiger partial charge in [-0.3, -0.25) is 4.79 Å². The van der Waals surface area contributed by atoms with Gasteiger partial charge < -0.3 is 10.2 Å². The van der Waals surface area contributed by atoms with E-state index < -0.39 is 10.0 Å². The molecule has 1 N–H and O–H groups in total. The van der Waals surface area contributed by atoms with E-state index in [4.69, 9.17) is 0 Å². The first-order chi connectivity index (χ1) is 15.0. The summed E-state index contributed by atoms with van der Waals surface area (Å²) < 4.78 is 27.1. The van der Waals surface area contributed by atoms with Crippen molar-refractivity contribution >= 4 is 43.6 Å². The fourth-order valence-corrected chi connectivity index (χ4v) is 7.95. The number of aryl methyl sites for hydroxylation is 1. The maximum absolute atomic E-state index is 12.6. The maximum Gasteiger partial charge on any atom is 0.252 e. The number of nitriles is 1. The van der Waals surface area contributed by atoms with Gasteiger partial charge in [-0.25, -0.2) is 8.42 Å². The molecule has 0 bridgehead atoms. The summed E-state index contributed by atoms with van der Waals surface area (Å²) in [6.07, 6.45) is 5.66. The zero-order chi connectivity index (χ0) is 21.8. The number of nitrogens with zero attached hydrogens (tertiary/aromatic N) is 3. The van der Waals surface area contributed by atoms with Crippen molar-refractivity contribution in [2.75, 3.05) is 38.0 Å². The molecular weight excluding hydrogens is 452 g/mol. The Bertz CT molecular complexity index is 1060. The van der Waals surface area contributed by atoms with Crippen LogP contribution in [0.1, 0.15) is 41.7 Å². The molecule has 0 saturated carbocycles. The van der Waals surface area contributed by atoms with Crippen molar-refractivity contribution in [3.8, 4) is 6.07 Å². The van der Waals surface area contributed by atoms with Gasteiger partial charge >= 0.3 is 0 Å². The van der Waals surface area contributed by atoms with E-state index in [0.29, 0.717) is 53.9 Å². The number of rotatable bonds is 6. The van der Waals surface area contributed by atoms with Crippen LogP contribution in [-0.2, 0) is 27.7 Å². The molecule has 0 radical (unpaired) electrons. The molecule has 3 heterocycles. The molecule has 166 valence electrons. The fraction of sp³-hybridized carbons (Fsp3) is 0.524. The Labute approximate surface area is 191 Å². The smallest absolute Gasteiger partial charge is 0.252 e. The highest BCUT2D eigenvalue weighted by Crippen LogP contribution is 2.37. The Kier molecular flexibility index (Phi) is 7.08. The summed E-state index contributed by atoms with van der Waals surface area (Å²) in [5.41, 5.74) is 1.77. The molecule has 4 rings (SSSR count). The number of carbonyl (C=O) groups is 1. The molecule has 2 aliphatic rings. The minimum Gasteiger partial charge on any atom is -0.317 e. The molecule has 0 atom stereocenters. The molecule has 0 spiro atoms. The molecule has 0 unspecified atom stereocenters. The molecule has 2 aromatic heterocycles. The van der Waals surface area contributed by atoms with Crippen molar-refractivity contribution < 1.29 is 13.2 Å². The lowest BCUT2D eigenvalue weighted by atomic mass is 10.1. The Morgan fingerprint density at radius 1 is 1.16 bits per heavy atom. The van der Waals surface area contributed by atoms with E-state index in [0.717, 1.165) is 31.2 Å². The van der Waals surface area contributed by atoms with E-state index >= 15 is 0 Å². The fourth-order valence-electron chi connectivity index (χ4n) is 4.13. The number of sulfonamides is 1. The van der Waals surface area contributed by atoms with E-state index in [1.165, 1.54) is 26.9 Å². The van der Waals surface area contributed by atoms with Crippen molar-refractivity contribution in [3.05, 3.63) is 33.5 Å². The minimum absolute atomic E-state index is 0.0958. The second-order valence-corrected chi connectivity index (χ2v) is 12.1. The van der Waals surface area contributed by atoms with Gasteiger partial charge in [0.1, 0.15) is 15.3 Å². The monoisotopic (exact) mass is 478 g/mol. The van der Waals surface area contributed by atoms with Crippen molar-refractivity contribution in [2.45, 2.75) is 42.7 Å². The van der Waals surface area contributed by atoms with Crippen LogP contribution >= 0.6 is 22.7 Å². The second kappa shape index (κ2) is 9.79. The number of hydrogen-bond acceptors (Lipinski definition) is 7. The lowest BCUT2D eigenvalue weighted by molar-refractivity contribution is -0.116. The van der Waals surface area contributed by atoms with Crippen LogP contribution in [0.5, 0.6) is 0 Å². The van der Waals surface area contributed by atoms with Gasteiger partial charge in [0.15, 0.2) is 0 Å². The Morgan fingerprint density at radius 2 is 1.94 bits per heavy atom. The van der Waals surface area contributed by atoms with Crippen LogP contribution in [0, 0.1) is 11.3 Å². The zero-order valence-corrected chi connectivity index (χ0v) is 19.8. The molecule has 1 fully saturated rings. The van der Waals surface area contributed by atoms with Crippen LogP contribution < -0.4 is 5.32 Å². The Hall–Kier alpha value is -1.77. The summed E-state index contributed by atoms with van der Waals surface area (Å²) >= 11 is 2.79. The van der Waals surface area contributed by atoms with Crippen LogP contribution in [0.2, 0.25) is 0 Å². The quantitative estimate of drug-likeness (QED) is 0.643. The third kappa shape index (κ3) is 5.02. The molecule has 2 aromatic rings. The summed E-state index contributed by atoms with van der Waals surface area (Å²) in [4.78, 5) is 15.9. The predicted octanol–water partition coefficient (Wildman–Crippen LogP) is 3.29. The first-order valence-corrected chi connectivity index (χ1v) is 13.7. The first-order valence-electron chi connectivity index (χ1n) is 10.6. The van der Waals surface area contributed by atoms with E-state index in [1.54, 1.807) is 28.8 Å². The summed E-state index contributed by atoms with van der Waals surface area (Å²) in [5.74, 6) is -0.0958. The molecule has 1 amide bonds. The van der Waals surface area contributed by atoms with Gasteiger partial charge in [-0.05, 0) is 42.7 Å². The average Bonchev–Trinajstić information content (AvgIpc) is 3.36. The number of carbonyl (C=O) groups excluding carboxylic acids is 1. The number of hydrogen-bond donors (Lipinski definition) is 1. The maximum atomic E-state index is 12.6. The summed E-state index contributed by atoms with van der Waals surface area (Å²) in [5, 5.41) is 15.0. The third-order valence-electron chi connectivity index (χ3n) is 5.86. The standard InChI is InChI=1S/C21H26N4O3S3/c22-15-17-16-5-2-1-3-6-18(16)30-21(17)23-19(26)8-9-24-10-12-25(13-11-24)31(27,28)20-7-4-14-29-20/h4,7,14H,1-3,5-6,8-13H2,(H,23,26). The Balaban J connectivity index is 1.28. The third-order valence-corrected chi connectivity index (χ3v) is 10.3. The lowest BCUT2D eigenvalue weighted by Gasteiger charge is -2.33. The second-order valence-electron chi connectivity index (χ2n) is 7.86. The average molecular weight is 479 g/mol. The minimum atomic E-state index is -3.41. The van der Waals surface area contributed by atoms with E-state index in [1.807, 2.05) is 0 Å². The number of piperazine rings is 1.